The van der Waals surface area contributed by atoms with Crippen LogP contribution in [0.15, 0.2) is 10.5 Å². The fraction of sp³-hybridized carbons (Fsp3) is 0.714. The minimum absolute atomic E-state index is 0.154. The second kappa shape index (κ2) is 4.14. The largest absolute Gasteiger partial charge is 0.498 e. The van der Waals surface area contributed by atoms with Crippen LogP contribution in [0.3, 0.4) is 0 Å². The Kier molecular flexibility index (Phi) is 1.31. The van der Waals surface area contributed by atoms with E-state index in [4.69, 9.17) is 27.4 Å². The first-order chi connectivity index (χ1) is 12.2. The molecule has 18 heavy (non-hydrogen) atoms. The molecule has 0 atom stereocenters. The van der Waals surface area contributed by atoms with Gasteiger partial charge in [-0.15, -0.1) is 0 Å². The Morgan fingerprint density at radius 3 is 2.33 bits per heavy atom. The molecule has 3 nitrogen and oxygen atoms in total. The molecule has 1 saturated heterocycles. The van der Waals surface area contributed by atoms with E-state index in [0.29, 0.717) is 0 Å². The number of aryl methyl sites for hydroxylation is 1. The van der Waals surface area contributed by atoms with Crippen molar-refractivity contribution in [2.24, 2.45) is 0 Å². The molecule has 1 fully saturated rings. The molecule has 0 amide bonds. The van der Waals surface area contributed by atoms with E-state index in [1.165, 1.54) is 0 Å². The van der Waals surface area contributed by atoms with Gasteiger partial charge < -0.3 is 13.7 Å². The van der Waals surface area contributed by atoms with Crippen LogP contribution in [0.4, 0.5) is 0 Å². The first kappa shape index (κ1) is 5.72. The molecule has 0 radical (unpaired) electrons. The van der Waals surface area contributed by atoms with Crippen molar-refractivity contribution in [1.29, 1.82) is 0 Å². The van der Waals surface area contributed by atoms with Crippen LogP contribution in [0.2, 0.25) is 0 Å². The second-order valence-corrected chi connectivity index (χ2v) is 5.36. The minimum Gasteiger partial charge on any atom is -0.466 e. The molecule has 0 bridgehead atoms. The molecule has 0 N–H and O–H groups in total. The van der Waals surface area contributed by atoms with Gasteiger partial charge in [-0.2, -0.15) is 0 Å². The highest BCUT2D eigenvalue weighted by Crippen LogP contribution is 2.37. The SMILES string of the molecule is [2H]C([2H])([2H])c1oc(C([2H])(C([2H])([2H])[2H])C([2H])([2H])[2H])cc1B1OC(C)(C)C(C)(C)O1. The van der Waals surface area contributed by atoms with Crippen molar-refractivity contribution in [3.05, 3.63) is 17.6 Å². The van der Waals surface area contributed by atoms with E-state index in [1.807, 2.05) is 0 Å². The van der Waals surface area contributed by atoms with Crippen molar-refractivity contribution in [3.8, 4) is 0 Å². The Bertz CT molecular complexity index is 714. The quantitative estimate of drug-likeness (QED) is 0.766. The first-order valence-corrected chi connectivity index (χ1v) is 5.65. The van der Waals surface area contributed by atoms with Gasteiger partial charge in [-0.1, -0.05) is 13.7 Å². The van der Waals surface area contributed by atoms with Crippen molar-refractivity contribution in [2.75, 3.05) is 0 Å². The van der Waals surface area contributed by atoms with Crippen molar-refractivity contribution in [2.45, 2.75) is 65.3 Å². The van der Waals surface area contributed by atoms with E-state index < -0.39 is 56.3 Å². The maximum Gasteiger partial charge on any atom is 0.498 e. The summed E-state index contributed by atoms with van der Waals surface area (Å²) in [4.78, 5) is 0. The molecule has 0 saturated carbocycles. The van der Waals surface area contributed by atoms with Gasteiger partial charge >= 0.3 is 7.12 Å². The van der Waals surface area contributed by atoms with Crippen LogP contribution in [0.1, 0.15) is 72.5 Å². The Morgan fingerprint density at radius 1 is 1.22 bits per heavy atom. The van der Waals surface area contributed by atoms with Crippen LogP contribution < -0.4 is 5.46 Å². The monoisotopic (exact) mass is 260 g/mol. The Morgan fingerprint density at radius 2 is 1.83 bits per heavy atom. The van der Waals surface area contributed by atoms with Gasteiger partial charge in [0.2, 0.25) is 0 Å². The molecule has 0 spiro atoms. The van der Waals surface area contributed by atoms with Gasteiger partial charge in [0.05, 0.1) is 11.2 Å². The van der Waals surface area contributed by atoms with Crippen LogP contribution in [0.25, 0.3) is 0 Å². The van der Waals surface area contributed by atoms with Crippen LogP contribution in [-0.2, 0) is 9.31 Å². The summed E-state index contributed by atoms with van der Waals surface area (Å²) in [6.07, 6.45) is 0. The summed E-state index contributed by atoms with van der Waals surface area (Å²) < 4.78 is 93.6. The van der Waals surface area contributed by atoms with Crippen molar-refractivity contribution in [1.82, 2.24) is 0 Å². The van der Waals surface area contributed by atoms with Gasteiger partial charge in [0.15, 0.2) is 0 Å². The predicted molar refractivity (Wildman–Crippen MR) is 73.3 cm³/mol. The summed E-state index contributed by atoms with van der Waals surface area (Å²) >= 11 is 0. The molecule has 1 aromatic rings. The van der Waals surface area contributed by atoms with Crippen LogP contribution in [0.5, 0.6) is 0 Å². The molecule has 1 aromatic heterocycles. The molecule has 0 unspecified atom stereocenters. The van der Waals surface area contributed by atoms with Crippen molar-refractivity contribution in [3.63, 3.8) is 0 Å². The van der Waals surface area contributed by atoms with Crippen LogP contribution in [-0.4, -0.2) is 18.3 Å². The van der Waals surface area contributed by atoms with E-state index in [-0.39, 0.29) is 5.46 Å². The molecule has 100 valence electrons. The predicted octanol–water partition coefficient (Wildman–Crippen LogP) is 3.01. The molecule has 4 heteroatoms. The van der Waals surface area contributed by atoms with Gasteiger partial charge in [0, 0.05) is 25.1 Å². The third kappa shape index (κ3) is 2.12. The van der Waals surface area contributed by atoms with Gasteiger partial charge in [0.1, 0.15) is 11.5 Å². The number of hydrogen-bond donors (Lipinski definition) is 0. The van der Waals surface area contributed by atoms with Crippen LogP contribution in [0, 0.1) is 6.85 Å². The average molecular weight is 260 g/mol. The van der Waals surface area contributed by atoms with Gasteiger partial charge in [-0.05, 0) is 40.6 Å². The summed E-state index contributed by atoms with van der Waals surface area (Å²) in [5, 5.41) is 0. The maximum atomic E-state index is 8.22. The van der Waals surface area contributed by atoms with Gasteiger partial charge in [-0.3, -0.25) is 0 Å². The topological polar surface area (TPSA) is 31.6 Å². The van der Waals surface area contributed by atoms with Crippen molar-refractivity contribution >= 4 is 12.6 Å². The summed E-state index contributed by atoms with van der Waals surface area (Å²) in [7, 11) is -1.23. The normalized spacial score (nSPS) is 32.8. The average Bonchev–Trinajstić information content (AvgIpc) is 2.95. The zero-order chi connectivity index (χ0) is 22.1. The maximum absolute atomic E-state index is 8.22. The van der Waals surface area contributed by atoms with Gasteiger partial charge in [-0.25, -0.2) is 0 Å². The Hall–Kier alpha value is -0.735. The van der Waals surface area contributed by atoms with E-state index in [2.05, 4.69) is 0 Å². The lowest BCUT2D eigenvalue weighted by Gasteiger charge is -2.32. The lowest BCUT2D eigenvalue weighted by Crippen LogP contribution is -2.41. The molecular formula is C14H23BO3. The van der Waals surface area contributed by atoms with E-state index in [1.54, 1.807) is 27.7 Å². The highest BCUT2D eigenvalue weighted by Gasteiger charge is 2.52. The third-order valence-corrected chi connectivity index (χ3v) is 3.51. The molecule has 2 rings (SSSR count). The Balaban J connectivity index is 2.70. The fourth-order valence-electron chi connectivity index (χ4n) is 1.67. The molecule has 0 aliphatic carbocycles. The number of furan rings is 1. The zero-order valence-corrected chi connectivity index (χ0v) is 10.9. The molecular weight excluding hydrogens is 227 g/mol. The molecule has 1 aliphatic rings. The summed E-state index contributed by atoms with van der Waals surface area (Å²) in [6.45, 7) is -2.51. The van der Waals surface area contributed by atoms with E-state index in [9.17, 15) is 0 Å². The summed E-state index contributed by atoms with van der Waals surface area (Å²) in [6, 6.07) is 0.940. The third-order valence-electron chi connectivity index (χ3n) is 3.51. The van der Waals surface area contributed by atoms with E-state index in [0.717, 1.165) is 6.07 Å². The van der Waals surface area contributed by atoms with Crippen LogP contribution >= 0.6 is 0 Å². The highest BCUT2D eigenvalue weighted by molar-refractivity contribution is 6.62. The smallest absolute Gasteiger partial charge is 0.466 e. The highest BCUT2D eigenvalue weighted by atomic mass is 16.7. The Labute approximate surface area is 124 Å². The first-order valence-electron chi connectivity index (χ1n) is 10.7. The molecule has 0 aromatic carbocycles. The standard InChI is InChI=1S/C14H23BO3/c1-9(2)12-8-11(10(3)16-12)15-17-13(4,5)14(6,7)18-15/h8-9H,1-7H3/i1D3,2D3,3D3,9D. The number of rotatable bonds is 2. The fourth-order valence-corrected chi connectivity index (χ4v) is 1.67. The summed E-state index contributed by atoms with van der Waals surface area (Å²) in [5.41, 5.74) is -1.81. The molecule has 2 heterocycles. The summed E-state index contributed by atoms with van der Waals surface area (Å²) in [5.74, 6) is -4.63. The van der Waals surface area contributed by atoms with E-state index >= 15 is 0 Å². The van der Waals surface area contributed by atoms with Gasteiger partial charge in [0.25, 0.3) is 0 Å². The zero-order valence-electron chi connectivity index (χ0n) is 20.9. The lowest BCUT2D eigenvalue weighted by atomic mass is 9.79. The van der Waals surface area contributed by atoms with Crippen molar-refractivity contribution < 1.29 is 27.4 Å². The number of hydrogen-bond acceptors (Lipinski definition) is 3. The second-order valence-electron chi connectivity index (χ2n) is 5.36. The lowest BCUT2D eigenvalue weighted by molar-refractivity contribution is 0.00578. The minimum atomic E-state index is -3.31. The molecule has 1 aliphatic heterocycles.